The van der Waals surface area contributed by atoms with Crippen molar-refractivity contribution in [3.05, 3.63) is 59.7 Å². The van der Waals surface area contributed by atoms with Crippen LogP contribution in [0.15, 0.2) is 53.6 Å². The molecule has 0 aromatic heterocycles. The Kier molecular flexibility index (Phi) is 2.70. The molecule has 18 heavy (non-hydrogen) atoms. The lowest BCUT2D eigenvalue weighted by atomic mass is 9.97. The molecule has 1 aliphatic heterocycles. The van der Waals surface area contributed by atoms with Gasteiger partial charge in [0.05, 0.1) is 0 Å². The second-order valence-electron chi connectivity index (χ2n) is 4.24. The maximum Gasteiger partial charge on any atom is 0.171 e. The molecule has 90 valence electrons. The zero-order valence-electron chi connectivity index (χ0n) is 10.1. The smallest absolute Gasteiger partial charge is 0.171 e. The van der Waals surface area contributed by atoms with Gasteiger partial charge in [-0.2, -0.15) is 0 Å². The van der Waals surface area contributed by atoms with Crippen LogP contribution in [0.2, 0.25) is 0 Å². The molecule has 0 saturated heterocycles. The highest BCUT2D eigenvalue weighted by Gasteiger charge is 2.13. The number of amidine groups is 1. The first-order valence-electron chi connectivity index (χ1n) is 5.85. The van der Waals surface area contributed by atoms with E-state index < -0.39 is 0 Å². The largest absolute Gasteiger partial charge is 0.285 e. The van der Waals surface area contributed by atoms with Gasteiger partial charge in [0.1, 0.15) is 0 Å². The van der Waals surface area contributed by atoms with Crippen LogP contribution in [0.5, 0.6) is 0 Å². The normalized spacial score (nSPS) is 13.7. The van der Waals surface area contributed by atoms with Crippen molar-refractivity contribution in [3.63, 3.8) is 0 Å². The first-order valence-corrected chi connectivity index (χ1v) is 5.85. The molecule has 4 nitrogen and oxygen atoms in total. The number of nitrogens with one attached hydrogen (secondary N) is 3. The van der Waals surface area contributed by atoms with Gasteiger partial charge in [-0.05, 0) is 24.1 Å². The minimum atomic E-state index is 0.803. The molecule has 0 aliphatic carbocycles. The van der Waals surface area contributed by atoms with Crippen LogP contribution in [0.25, 0.3) is 11.1 Å². The first kappa shape index (κ1) is 10.8. The first-order chi connectivity index (χ1) is 8.84. The Morgan fingerprint density at radius 3 is 2.50 bits per heavy atom. The molecule has 1 aliphatic rings. The van der Waals surface area contributed by atoms with Crippen LogP contribution in [-0.4, -0.2) is 5.84 Å². The van der Waals surface area contributed by atoms with Crippen LogP contribution < -0.4 is 16.5 Å². The molecule has 0 atom stereocenters. The Balaban J connectivity index is 2.14. The second kappa shape index (κ2) is 4.50. The number of benzene rings is 2. The third-order valence-electron chi connectivity index (χ3n) is 2.92. The fraction of sp³-hybridized carbons (Fsp3) is 0.0714. The Bertz CT molecular complexity index is 590. The van der Waals surface area contributed by atoms with Crippen LogP contribution in [0.4, 0.5) is 0 Å². The van der Waals surface area contributed by atoms with Crippen LogP contribution in [0, 0.1) is 6.92 Å². The topological polar surface area (TPSA) is 48.5 Å². The number of nitrogens with zero attached hydrogens (tertiary/aromatic N) is 1. The number of hydrazone groups is 1. The minimum absolute atomic E-state index is 0.803. The molecule has 3 N–H and O–H groups in total. The Labute approximate surface area is 106 Å². The van der Waals surface area contributed by atoms with Crippen molar-refractivity contribution in [1.29, 1.82) is 0 Å². The van der Waals surface area contributed by atoms with Gasteiger partial charge in [-0.1, -0.05) is 48.0 Å². The zero-order valence-corrected chi connectivity index (χ0v) is 10.1. The lowest BCUT2D eigenvalue weighted by molar-refractivity contribution is 0.577. The number of aryl methyl sites for hydroxylation is 1. The van der Waals surface area contributed by atoms with Gasteiger partial charge in [0, 0.05) is 5.56 Å². The van der Waals surface area contributed by atoms with E-state index >= 15 is 0 Å². The summed E-state index contributed by atoms with van der Waals surface area (Å²) in [7, 11) is 0. The van der Waals surface area contributed by atoms with Crippen molar-refractivity contribution in [3.8, 4) is 11.1 Å². The molecule has 0 bridgehead atoms. The summed E-state index contributed by atoms with van der Waals surface area (Å²) in [6, 6.07) is 16.7. The summed E-state index contributed by atoms with van der Waals surface area (Å²) in [5.41, 5.74) is 13.1. The zero-order chi connectivity index (χ0) is 12.4. The molecule has 0 amide bonds. The molecule has 0 spiro atoms. The minimum Gasteiger partial charge on any atom is -0.285 e. The van der Waals surface area contributed by atoms with Crippen LogP contribution in [0.3, 0.4) is 0 Å². The summed E-state index contributed by atoms with van der Waals surface area (Å²) < 4.78 is 0. The molecule has 1 heterocycles. The van der Waals surface area contributed by atoms with Crippen molar-refractivity contribution < 1.29 is 0 Å². The summed E-state index contributed by atoms with van der Waals surface area (Å²) >= 11 is 0. The number of hydrazine groups is 2. The third-order valence-corrected chi connectivity index (χ3v) is 2.92. The molecular weight excluding hydrogens is 224 g/mol. The van der Waals surface area contributed by atoms with E-state index in [1.807, 2.05) is 18.2 Å². The van der Waals surface area contributed by atoms with Gasteiger partial charge in [-0.25, -0.2) is 5.53 Å². The van der Waals surface area contributed by atoms with E-state index in [2.05, 4.69) is 58.9 Å². The van der Waals surface area contributed by atoms with Crippen molar-refractivity contribution in [2.45, 2.75) is 6.92 Å². The van der Waals surface area contributed by atoms with E-state index in [0.29, 0.717) is 0 Å². The SMILES string of the molecule is Cc1ccc(-c2ccccc2)c(C2=NNNN2)c1. The van der Waals surface area contributed by atoms with Gasteiger partial charge < -0.3 is 0 Å². The monoisotopic (exact) mass is 238 g/mol. The second-order valence-corrected chi connectivity index (χ2v) is 4.24. The van der Waals surface area contributed by atoms with E-state index in [9.17, 15) is 0 Å². The highest BCUT2D eigenvalue weighted by Crippen LogP contribution is 2.24. The van der Waals surface area contributed by atoms with E-state index in [1.165, 1.54) is 11.1 Å². The van der Waals surface area contributed by atoms with E-state index in [0.717, 1.165) is 17.0 Å². The van der Waals surface area contributed by atoms with E-state index in [-0.39, 0.29) is 0 Å². The molecule has 0 radical (unpaired) electrons. The molecule has 0 fully saturated rings. The third kappa shape index (κ3) is 1.94. The van der Waals surface area contributed by atoms with Crippen molar-refractivity contribution >= 4 is 5.84 Å². The lowest BCUT2D eigenvalue weighted by Crippen LogP contribution is -2.35. The lowest BCUT2D eigenvalue weighted by Gasteiger charge is -2.10. The molecular formula is C14H14N4. The summed E-state index contributed by atoms with van der Waals surface area (Å²) in [6.07, 6.45) is 0. The van der Waals surface area contributed by atoms with Gasteiger partial charge in [-0.15, -0.1) is 10.6 Å². The summed E-state index contributed by atoms with van der Waals surface area (Å²) in [5.74, 6) is 0.803. The fourth-order valence-corrected chi connectivity index (χ4v) is 2.05. The predicted molar refractivity (Wildman–Crippen MR) is 72.6 cm³/mol. The maximum absolute atomic E-state index is 4.18. The molecule has 3 rings (SSSR count). The van der Waals surface area contributed by atoms with Gasteiger partial charge in [0.25, 0.3) is 0 Å². The van der Waals surface area contributed by atoms with Crippen LogP contribution >= 0.6 is 0 Å². The van der Waals surface area contributed by atoms with Crippen molar-refractivity contribution in [1.82, 2.24) is 16.5 Å². The molecule has 4 heteroatoms. The fourth-order valence-electron chi connectivity index (χ4n) is 2.05. The van der Waals surface area contributed by atoms with Gasteiger partial charge >= 0.3 is 0 Å². The molecule has 2 aromatic carbocycles. The van der Waals surface area contributed by atoms with Gasteiger partial charge in [0.15, 0.2) is 5.84 Å². The van der Waals surface area contributed by atoms with Crippen LogP contribution in [-0.2, 0) is 0 Å². The molecule has 0 saturated carbocycles. The Hall–Kier alpha value is -2.33. The Morgan fingerprint density at radius 2 is 1.78 bits per heavy atom. The summed E-state index contributed by atoms with van der Waals surface area (Å²) in [5, 5.41) is 4.18. The summed E-state index contributed by atoms with van der Waals surface area (Å²) in [4.78, 5) is 0. The predicted octanol–water partition coefficient (Wildman–Crippen LogP) is 1.94. The maximum atomic E-state index is 4.18. The van der Waals surface area contributed by atoms with Gasteiger partial charge in [-0.3, -0.25) is 5.43 Å². The average Bonchev–Trinajstić information content (AvgIpc) is 2.93. The average molecular weight is 238 g/mol. The number of rotatable bonds is 2. The standard InChI is InChI=1S/C14H14N4/c1-10-7-8-12(11-5-3-2-4-6-11)13(9-10)14-15-17-18-16-14/h2-9,17-18H,1H3,(H,15,16). The number of hydrogen-bond acceptors (Lipinski definition) is 4. The van der Waals surface area contributed by atoms with E-state index in [1.54, 1.807) is 0 Å². The van der Waals surface area contributed by atoms with Crippen molar-refractivity contribution in [2.75, 3.05) is 0 Å². The quantitative estimate of drug-likeness (QED) is 0.749. The van der Waals surface area contributed by atoms with Gasteiger partial charge in [0.2, 0.25) is 0 Å². The summed E-state index contributed by atoms with van der Waals surface area (Å²) in [6.45, 7) is 2.08. The molecule has 2 aromatic rings. The van der Waals surface area contributed by atoms with E-state index in [4.69, 9.17) is 0 Å². The van der Waals surface area contributed by atoms with Crippen LogP contribution in [0.1, 0.15) is 11.1 Å². The Morgan fingerprint density at radius 1 is 0.944 bits per heavy atom. The van der Waals surface area contributed by atoms with Crippen molar-refractivity contribution in [2.24, 2.45) is 5.10 Å². The highest BCUT2D eigenvalue weighted by molar-refractivity contribution is 6.04. The highest BCUT2D eigenvalue weighted by atomic mass is 15.8. The molecule has 0 unspecified atom stereocenters. The number of hydrogen-bond donors (Lipinski definition) is 3.